The topological polar surface area (TPSA) is 31.4 Å². The molecule has 3 aromatic rings. The minimum absolute atomic E-state index is 0.722. The predicted octanol–water partition coefficient (Wildman–Crippen LogP) is 4.86. The van der Waals surface area contributed by atoms with E-state index in [0.29, 0.717) is 0 Å². The molecule has 0 bridgehead atoms. The molecule has 0 aliphatic carbocycles. The Labute approximate surface area is 131 Å². The Morgan fingerprint density at radius 3 is 2.52 bits per heavy atom. The number of rotatable bonds is 4. The lowest BCUT2D eigenvalue weighted by molar-refractivity contribution is 0.355. The molecule has 0 aliphatic heterocycles. The van der Waals surface area contributed by atoms with Gasteiger partial charge in [-0.2, -0.15) is 0 Å². The normalized spacial score (nSPS) is 10.6. The number of methoxy groups -OCH3 is 2. The largest absolute Gasteiger partial charge is 0.493 e. The second-order valence-electron chi connectivity index (χ2n) is 4.47. The Bertz CT molecular complexity index is 748. The van der Waals surface area contributed by atoms with Crippen LogP contribution in [0.3, 0.4) is 0 Å². The van der Waals surface area contributed by atoms with Crippen molar-refractivity contribution in [2.75, 3.05) is 14.2 Å². The van der Waals surface area contributed by atoms with E-state index in [9.17, 15) is 0 Å². The number of hydrogen-bond donors (Lipinski definition) is 0. The average molecular weight is 317 g/mol. The van der Waals surface area contributed by atoms with E-state index in [1.54, 1.807) is 36.9 Å². The fourth-order valence-electron chi connectivity index (χ4n) is 2.15. The van der Waals surface area contributed by atoms with Crippen LogP contribution >= 0.6 is 22.7 Å². The van der Waals surface area contributed by atoms with Gasteiger partial charge in [-0.05, 0) is 36.6 Å². The first-order chi connectivity index (χ1) is 10.2. The Morgan fingerprint density at radius 2 is 1.86 bits per heavy atom. The molecule has 0 saturated heterocycles. The van der Waals surface area contributed by atoms with Crippen LogP contribution in [-0.4, -0.2) is 19.2 Å². The third kappa shape index (κ3) is 2.66. The van der Waals surface area contributed by atoms with E-state index in [2.05, 4.69) is 18.4 Å². The quantitative estimate of drug-likeness (QED) is 0.688. The molecular weight excluding hydrogens is 302 g/mol. The molecule has 0 aliphatic rings. The fraction of sp³-hybridized carbons (Fsp3) is 0.188. The summed E-state index contributed by atoms with van der Waals surface area (Å²) in [5.41, 5.74) is 2.05. The molecule has 3 rings (SSSR count). The minimum Gasteiger partial charge on any atom is -0.493 e. The molecule has 0 unspecified atom stereocenters. The molecule has 0 amide bonds. The van der Waals surface area contributed by atoms with Gasteiger partial charge in [0.2, 0.25) is 0 Å². The Balaban J connectivity index is 2.05. The maximum atomic E-state index is 5.37. The van der Waals surface area contributed by atoms with E-state index in [-0.39, 0.29) is 0 Å². The van der Waals surface area contributed by atoms with E-state index in [1.807, 2.05) is 24.3 Å². The summed E-state index contributed by atoms with van der Waals surface area (Å²) in [7, 11) is 3.28. The predicted molar refractivity (Wildman–Crippen MR) is 88.7 cm³/mol. The smallest absolute Gasteiger partial charge is 0.161 e. The lowest BCUT2D eigenvalue weighted by Gasteiger charge is -2.08. The van der Waals surface area contributed by atoms with Crippen LogP contribution < -0.4 is 9.47 Å². The van der Waals surface area contributed by atoms with Crippen molar-refractivity contribution in [3.05, 3.63) is 40.6 Å². The van der Waals surface area contributed by atoms with E-state index in [1.165, 1.54) is 9.75 Å². The number of aromatic nitrogens is 1. The molecule has 2 heterocycles. The summed E-state index contributed by atoms with van der Waals surface area (Å²) in [5.74, 6) is 1.45. The van der Waals surface area contributed by atoms with E-state index in [0.717, 1.165) is 27.8 Å². The first kappa shape index (κ1) is 14.1. The zero-order chi connectivity index (χ0) is 14.8. The van der Waals surface area contributed by atoms with Crippen molar-refractivity contribution in [1.82, 2.24) is 4.98 Å². The Kier molecular flexibility index (Phi) is 3.94. The van der Waals surface area contributed by atoms with Gasteiger partial charge in [-0.15, -0.1) is 22.7 Å². The molecule has 0 spiro atoms. The van der Waals surface area contributed by atoms with Crippen LogP contribution in [0, 0.1) is 6.92 Å². The number of thiophene rings is 1. The minimum atomic E-state index is 0.722. The van der Waals surface area contributed by atoms with E-state index in [4.69, 9.17) is 14.5 Å². The summed E-state index contributed by atoms with van der Waals surface area (Å²) in [6, 6.07) is 10.0. The van der Waals surface area contributed by atoms with Gasteiger partial charge in [-0.3, -0.25) is 0 Å². The highest BCUT2D eigenvalue weighted by molar-refractivity contribution is 7.21. The van der Waals surface area contributed by atoms with E-state index >= 15 is 0 Å². The van der Waals surface area contributed by atoms with Gasteiger partial charge in [0.05, 0.1) is 24.8 Å². The van der Waals surface area contributed by atoms with Crippen molar-refractivity contribution < 1.29 is 9.47 Å². The lowest BCUT2D eigenvalue weighted by Crippen LogP contribution is -1.91. The molecule has 0 radical (unpaired) electrons. The highest BCUT2D eigenvalue weighted by atomic mass is 32.1. The number of nitrogens with zero attached hydrogens (tertiary/aromatic N) is 1. The van der Waals surface area contributed by atoms with Crippen LogP contribution in [0.15, 0.2) is 35.7 Å². The SMILES string of the molecule is COc1ccc(-c2nc(-c3cccs3)sc2C)cc1OC. The summed E-state index contributed by atoms with van der Waals surface area (Å²) in [6.07, 6.45) is 0. The molecule has 1 aromatic carbocycles. The first-order valence-corrected chi connectivity index (χ1v) is 8.16. The van der Waals surface area contributed by atoms with Crippen LogP contribution in [-0.2, 0) is 0 Å². The second-order valence-corrected chi connectivity index (χ2v) is 6.62. The van der Waals surface area contributed by atoms with Crippen molar-refractivity contribution in [1.29, 1.82) is 0 Å². The average Bonchev–Trinajstić information content (AvgIpc) is 3.15. The standard InChI is InChI=1S/C16H15NO2S2/c1-10-15(17-16(21-10)14-5-4-8-20-14)11-6-7-12(18-2)13(9-11)19-3/h4-9H,1-3H3. The molecule has 21 heavy (non-hydrogen) atoms. The monoisotopic (exact) mass is 317 g/mol. The van der Waals surface area contributed by atoms with Crippen molar-refractivity contribution in [3.8, 4) is 32.6 Å². The van der Waals surface area contributed by atoms with Gasteiger partial charge < -0.3 is 9.47 Å². The van der Waals surface area contributed by atoms with Crippen molar-refractivity contribution >= 4 is 22.7 Å². The van der Waals surface area contributed by atoms with Gasteiger partial charge in [0.15, 0.2) is 11.5 Å². The third-order valence-corrected chi connectivity index (χ3v) is 5.20. The summed E-state index contributed by atoms with van der Waals surface area (Å²) < 4.78 is 10.7. The van der Waals surface area contributed by atoms with Crippen LogP contribution in [0.25, 0.3) is 21.1 Å². The van der Waals surface area contributed by atoms with Crippen molar-refractivity contribution in [2.24, 2.45) is 0 Å². The molecule has 3 nitrogen and oxygen atoms in total. The summed E-state index contributed by atoms with van der Waals surface area (Å²) >= 11 is 3.43. The molecular formula is C16H15NO2S2. The molecule has 108 valence electrons. The summed E-state index contributed by atoms with van der Waals surface area (Å²) in [5, 5.41) is 3.13. The Morgan fingerprint density at radius 1 is 1.05 bits per heavy atom. The highest BCUT2D eigenvalue weighted by Crippen LogP contribution is 2.38. The van der Waals surface area contributed by atoms with Crippen molar-refractivity contribution in [2.45, 2.75) is 6.92 Å². The van der Waals surface area contributed by atoms with Gasteiger partial charge in [0.1, 0.15) is 5.01 Å². The third-order valence-electron chi connectivity index (χ3n) is 3.19. The molecule has 5 heteroatoms. The number of benzene rings is 1. The van der Waals surface area contributed by atoms with Gasteiger partial charge in [-0.25, -0.2) is 4.98 Å². The molecule has 0 saturated carbocycles. The lowest BCUT2D eigenvalue weighted by atomic mass is 10.1. The maximum Gasteiger partial charge on any atom is 0.161 e. The first-order valence-electron chi connectivity index (χ1n) is 6.46. The van der Waals surface area contributed by atoms with E-state index < -0.39 is 0 Å². The zero-order valence-corrected chi connectivity index (χ0v) is 13.7. The van der Waals surface area contributed by atoms with Crippen LogP contribution in [0.1, 0.15) is 4.88 Å². The van der Waals surface area contributed by atoms with Gasteiger partial charge >= 0.3 is 0 Å². The molecule has 0 fully saturated rings. The number of ether oxygens (including phenoxy) is 2. The number of aryl methyl sites for hydroxylation is 1. The molecule has 0 N–H and O–H groups in total. The van der Waals surface area contributed by atoms with Crippen LogP contribution in [0.4, 0.5) is 0 Å². The summed E-state index contributed by atoms with van der Waals surface area (Å²) in [6.45, 7) is 2.10. The highest BCUT2D eigenvalue weighted by Gasteiger charge is 2.14. The van der Waals surface area contributed by atoms with Crippen LogP contribution in [0.2, 0.25) is 0 Å². The maximum absolute atomic E-state index is 5.37. The molecule has 0 atom stereocenters. The molecule has 2 aromatic heterocycles. The number of thiazole rings is 1. The second kappa shape index (κ2) is 5.87. The van der Waals surface area contributed by atoms with Crippen molar-refractivity contribution in [3.63, 3.8) is 0 Å². The van der Waals surface area contributed by atoms with Gasteiger partial charge in [0.25, 0.3) is 0 Å². The summed E-state index contributed by atoms with van der Waals surface area (Å²) in [4.78, 5) is 7.19. The van der Waals surface area contributed by atoms with Crippen LogP contribution in [0.5, 0.6) is 11.5 Å². The Hall–Kier alpha value is -1.85. The zero-order valence-electron chi connectivity index (χ0n) is 12.0. The van der Waals surface area contributed by atoms with Gasteiger partial charge in [0, 0.05) is 10.4 Å². The fourth-order valence-corrected chi connectivity index (χ4v) is 3.89. The van der Waals surface area contributed by atoms with Gasteiger partial charge in [-0.1, -0.05) is 6.07 Å². The number of hydrogen-bond acceptors (Lipinski definition) is 5.